The van der Waals surface area contributed by atoms with Crippen LogP contribution in [0.2, 0.25) is 0 Å². The minimum atomic E-state index is 0.334. The second-order valence-electron chi connectivity index (χ2n) is 3.79. The van der Waals surface area contributed by atoms with E-state index in [1.165, 1.54) is 0 Å². The third kappa shape index (κ3) is 5.33. The van der Waals surface area contributed by atoms with E-state index in [0.29, 0.717) is 12.6 Å². The van der Waals surface area contributed by atoms with Gasteiger partial charge in [0.05, 0.1) is 7.11 Å². The van der Waals surface area contributed by atoms with Gasteiger partial charge >= 0.3 is 0 Å². The van der Waals surface area contributed by atoms with Gasteiger partial charge in [0.2, 0.25) is 0 Å². The van der Waals surface area contributed by atoms with E-state index in [9.17, 15) is 0 Å². The summed E-state index contributed by atoms with van der Waals surface area (Å²) in [6.45, 7) is 2.83. The van der Waals surface area contributed by atoms with Crippen molar-refractivity contribution in [1.82, 2.24) is 0 Å². The molecule has 0 spiro atoms. The molecular weight excluding hydrogens is 232 g/mol. The van der Waals surface area contributed by atoms with Crippen LogP contribution < -0.4 is 15.8 Å². The van der Waals surface area contributed by atoms with Gasteiger partial charge in [-0.25, -0.2) is 0 Å². The zero-order valence-electron chi connectivity index (χ0n) is 10.6. The molecule has 0 radical (unpaired) electrons. The maximum Gasteiger partial charge on any atom is 0.120 e. The largest absolute Gasteiger partial charge is 0.497 e. The third-order valence-electron chi connectivity index (χ3n) is 2.54. The number of rotatable bonds is 8. The van der Waals surface area contributed by atoms with E-state index in [-0.39, 0.29) is 0 Å². The standard InChI is InChI=1S/C13H22N2OS/c1-3-17-8-7-12(10-14)15-11-5-4-6-13(9-11)16-2/h4-6,9,12,15H,3,7-8,10,14H2,1-2H3. The van der Waals surface area contributed by atoms with Crippen molar-refractivity contribution in [1.29, 1.82) is 0 Å². The Hall–Kier alpha value is -0.870. The molecule has 1 aromatic rings. The molecule has 0 aliphatic heterocycles. The van der Waals surface area contributed by atoms with Crippen molar-refractivity contribution in [2.24, 2.45) is 5.73 Å². The van der Waals surface area contributed by atoms with Crippen LogP contribution in [0.3, 0.4) is 0 Å². The zero-order valence-corrected chi connectivity index (χ0v) is 11.4. The number of thioether (sulfide) groups is 1. The summed E-state index contributed by atoms with van der Waals surface area (Å²) in [6, 6.07) is 8.29. The van der Waals surface area contributed by atoms with Crippen molar-refractivity contribution in [3.63, 3.8) is 0 Å². The van der Waals surface area contributed by atoms with Gasteiger partial charge in [-0.2, -0.15) is 11.8 Å². The first-order valence-electron chi connectivity index (χ1n) is 5.98. The van der Waals surface area contributed by atoms with Gasteiger partial charge in [-0.1, -0.05) is 13.0 Å². The molecule has 0 aliphatic rings. The Labute approximate surface area is 108 Å². The lowest BCUT2D eigenvalue weighted by atomic mass is 10.2. The molecule has 0 fully saturated rings. The van der Waals surface area contributed by atoms with Gasteiger partial charge in [0.25, 0.3) is 0 Å². The van der Waals surface area contributed by atoms with Crippen molar-refractivity contribution in [2.45, 2.75) is 19.4 Å². The van der Waals surface area contributed by atoms with Gasteiger partial charge in [-0.3, -0.25) is 0 Å². The lowest BCUT2D eigenvalue weighted by Crippen LogP contribution is -2.29. The van der Waals surface area contributed by atoms with Crippen molar-refractivity contribution in [3.8, 4) is 5.75 Å². The first kappa shape index (κ1) is 14.2. The van der Waals surface area contributed by atoms with Crippen LogP contribution in [0.1, 0.15) is 13.3 Å². The highest BCUT2D eigenvalue weighted by Gasteiger charge is 2.06. The monoisotopic (exact) mass is 254 g/mol. The summed E-state index contributed by atoms with van der Waals surface area (Å²) in [4.78, 5) is 0. The first-order chi connectivity index (χ1) is 8.30. The van der Waals surface area contributed by atoms with E-state index in [2.05, 4.69) is 12.2 Å². The van der Waals surface area contributed by atoms with E-state index in [1.54, 1.807) is 7.11 Å². The van der Waals surface area contributed by atoms with E-state index in [4.69, 9.17) is 10.5 Å². The highest BCUT2D eigenvalue weighted by atomic mass is 32.2. The topological polar surface area (TPSA) is 47.3 Å². The predicted molar refractivity (Wildman–Crippen MR) is 77.1 cm³/mol. The van der Waals surface area contributed by atoms with Crippen LogP contribution in [0.4, 0.5) is 5.69 Å². The highest BCUT2D eigenvalue weighted by Crippen LogP contribution is 2.18. The molecule has 0 aliphatic carbocycles. The molecule has 1 rings (SSSR count). The lowest BCUT2D eigenvalue weighted by molar-refractivity contribution is 0.415. The van der Waals surface area contributed by atoms with Crippen molar-refractivity contribution in [2.75, 3.05) is 30.5 Å². The SMILES string of the molecule is CCSCCC(CN)Nc1cccc(OC)c1. The minimum Gasteiger partial charge on any atom is -0.497 e. The normalized spacial score (nSPS) is 12.2. The first-order valence-corrected chi connectivity index (χ1v) is 7.14. The Morgan fingerprint density at radius 1 is 1.47 bits per heavy atom. The van der Waals surface area contributed by atoms with Gasteiger partial charge < -0.3 is 15.8 Å². The average molecular weight is 254 g/mol. The van der Waals surface area contributed by atoms with Gasteiger partial charge in [0, 0.05) is 24.3 Å². The fourth-order valence-electron chi connectivity index (χ4n) is 1.57. The van der Waals surface area contributed by atoms with Crippen LogP contribution in [-0.4, -0.2) is 31.2 Å². The van der Waals surface area contributed by atoms with Gasteiger partial charge in [0.1, 0.15) is 5.75 Å². The van der Waals surface area contributed by atoms with Crippen molar-refractivity contribution in [3.05, 3.63) is 24.3 Å². The van der Waals surface area contributed by atoms with E-state index in [0.717, 1.165) is 29.4 Å². The van der Waals surface area contributed by atoms with E-state index < -0.39 is 0 Å². The second kappa shape index (κ2) is 8.25. The van der Waals surface area contributed by atoms with Crippen LogP contribution >= 0.6 is 11.8 Å². The Morgan fingerprint density at radius 2 is 2.29 bits per heavy atom. The summed E-state index contributed by atoms with van der Waals surface area (Å²) in [5, 5.41) is 3.44. The molecule has 96 valence electrons. The molecular formula is C13H22N2OS. The summed E-state index contributed by atoms with van der Waals surface area (Å²) in [6.07, 6.45) is 1.09. The fourth-order valence-corrected chi connectivity index (χ4v) is 2.31. The Kier molecular flexibility index (Phi) is 6.89. The van der Waals surface area contributed by atoms with Crippen LogP contribution in [0, 0.1) is 0 Å². The summed E-state index contributed by atoms with van der Waals surface area (Å²) in [5.41, 5.74) is 6.84. The number of ether oxygens (including phenoxy) is 1. The molecule has 1 aromatic carbocycles. The zero-order chi connectivity index (χ0) is 12.5. The fraction of sp³-hybridized carbons (Fsp3) is 0.538. The molecule has 0 saturated heterocycles. The molecule has 0 bridgehead atoms. The van der Waals surface area contributed by atoms with Gasteiger partial charge in [-0.05, 0) is 30.1 Å². The van der Waals surface area contributed by atoms with Crippen LogP contribution in [0.5, 0.6) is 5.75 Å². The van der Waals surface area contributed by atoms with E-state index >= 15 is 0 Å². The summed E-state index contributed by atoms with van der Waals surface area (Å²) < 4.78 is 5.19. The number of benzene rings is 1. The summed E-state index contributed by atoms with van der Waals surface area (Å²) in [5.74, 6) is 3.18. The summed E-state index contributed by atoms with van der Waals surface area (Å²) >= 11 is 1.95. The average Bonchev–Trinajstić information content (AvgIpc) is 2.38. The summed E-state index contributed by atoms with van der Waals surface area (Å²) in [7, 11) is 1.68. The van der Waals surface area contributed by atoms with Crippen LogP contribution in [0.25, 0.3) is 0 Å². The molecule has 0 aromatic heterocycles. The predicted octanol–water partition coefficient (Wildman–Crippen LogP) is 2.58. The molecule has 4 heteroatoms. The molecule has 3 nitrogen and oxygen atoms in total. The minimum absolute atomic E-state index is 0.334. The molecule has 0 saturated carbocycles. The van der Waals surface area contributed by atoms with Crippen molar-refractivity contribution < 1.29 is 4.74 Å². The number of nitrogens with two attached hydrogens (primary N) is 1. The third-order valence-corrected chi connectivity index (χ3v) is 3.47. The molecule has 1 unspecified atom stereocenters. The molecule has 0 amide bonds. The molecule has 17 heavy (non-hydrogen) atoms. The molecule has 0 heterocycles. The van der Waals surface area contributed by atoms with Crippen LogP contribution in [0.15, 0.2) is 24.3 Å². The molecule has 1 atom stereocenters. The maximum atomic E-state index is 5.77. The van der Waals surface area contributed by atoms with E-state index in [1.807, 2.05) is 36.0 Å². The number of nitrogens with one attached hydrogen (secondary N) is 1. The molecule has 3 N–H and O–H groups in total. The van der Waals surface area contributed by atoms with Gasteiger partial charge in [-0.15, -0.1) is 0 Å². The smallest absolute Gasteiger partial charge is 0.120 e. The number of hydrogen-bond acceptors (Lipinski definition) is 4. The Morgan fingerprint density at radius 3 is 2.94 bits per heavy atom. The highest BCUT2D eigenvalue weighted by molar-refractivity contribution is 7.99. The maximum absolute atomic E-state index is 5.77. The quantitative estimate of drug-likeness (QED) is 0.700. The lowest BCUT2D eigenvalue weighted by Gasteiger charge is -2.18. The Bertz CT molecular complexity index is 320. The number of hydrogen-bond donors (Lipinski definition) is 2. The van der Waals surface area contributed by atoms with Crippen LogP contribution in [-0.2, 0) is 0 Å². The number of anilines is 1. The van der Waals surface area contributed by atoms with Crippen molar-refractivity contribution >= 4 is 17.4 Å². The van der Waals surface area contributed by atoms with Gasteiger partial charge in [0.15, 0.2) is 0 Å². The Balaban J connectivity index is 2.48. The second-order valence-corrected chi connectivity index (χ2v) is 5.19. The number of methoxy groups -OCH3 is 1.